The van der Waals surface area contributed by atoms with Crippen LogP contribution in [0.15, 0.2) is 24.3 Å². The Kier molecular flexibility index (Phi) is 10.7. The first-order chi connectivity index (χ1) is 8.16. The first-order valence-corrected chi connectivity index (χ1v) is 6.67. The highest BCUT2D eigenvalue weighted by molar-refractivity contribution is 5.66. The van der Waals surface area contributed by atoms with E-state index >= 15 is 0 Å². The van der Waals surface area contributed by atoms with Crippen molar-refractivity contribution < 1.29 is 9.53 Å². The third-order valence-electron chi connectivity index (χ3n) is 2.46. The highest BCUT2D eigenvalue weighted by Gasteiger charge is 1.97. The van der Waals surface area contributed by atoms with E-state index in [1.165, 1.54) is 39.0 Å². The fourth-order valence-electron chi connectivity index (χ4n) is 1.56. The number of carbonyl (C=O) groups is 1. The highest BCUT2D eigenvalue weighted by Crippen LogP contribution is 2.05. The first-order valence-electron chi connectivity index (χ1n) is 6.67. The maximum atomic E-state index is 10.6. The van der Waals surface area contributed by atoms with E-state index in [0.717, 1.165) is 6.42 Å². The van der Waals surface area contributed by atoms with Gasteiger partial charge in [-0.25, -0.2) is 0 Å². The lowest BCUT2D eigenvalue weighted by atomic mass is 10.1. The largest absolute Gasteiger partial charge is 0.459 e. The molecular formula is C15H26O2. The summed E-state index contributed by atoms with van der Waals surface area (Å²) >= 11 is 0. The molecule has 0 saturated heterocycles. The Balaban J connectivity index is 3.46. The molecule has 0 radical (unpaired) electrons. The van der Waals surface area contributed by atoms with Gasteiger partial charge in [-0.2, -0.15) is 0 Å². The maximum absolute atomic E-state index is 10.6. The molecular weight excluding hydrogens is 212 g/mol. The second-order valence-electron chi connectivity index (χ2n) is 4.33. The summed E-state index contributed by atoms with van der Waals surface area (Å²) in [5.74, 6) is -0.234. The minimum atomic E-state index is -0.234. The van der Waals surface area contributed by atoms with Gasteiger partial charge < -0.3 is 4.74 Å². The average molecular weight is 238 g/mol. The highest BCUT2D eigenvalue weighted by atomic mass is 16.5. The van der Waals surface area contributed by atoms with Crippen LogP contribution in [0.25, 0.3) is 0 Å². The second-order valence-corrected chi connectivity index (χ2v) is 4.33. The summed E-state index contributed by atoms with van der Waals surface area (Å²) in [6.45, 7) is 5.52. The monoisotopic (exact) mass is 238 g/mol. The van der Waals surface area contributed by atoms with Crippen LogP contribution in [0.3, 0.4) is 0 Å². The molecule has 0 bridgehead atoms. The Bertz CT molecular complexity index is 241. The van der Waals surface area contributed by atoms with Crippen molar-refractivity contribution in [1.29, 1.82) is 0 Å². The van der Waals surface area contributed by atoms with Gasteiger partial charge in [-0.3, -0.25) is 4.79 Å². The molecule has 0 fully saturated rings. The normalized spacial score (nSPS) is 13.4. The lowest BCUT2D eigenvalue weighted by Crippen LogP contribution is -2.08. The number of allylic oxidation sites excluding steroid dienone is 3. The van der Waals surface area contributed by atoms with E-state index in [1.54, 1.807) is 0 Å². The molecule has 0 amide bonds. The van der Waals surface area contributed by atoms with E-state index in [4.69, 9.17) is 4.74 Å². The van der Waals surface area contributed by atoms with Crippen LogP contribution in [-0.4, -0.2) is 12.1 Å². The van der Waals surface area contributed by atoms with Gasteiger partial charge in [0, 0.05) is 6.92 Å². The van der Waals surface area contributed by atoms with Crippen LogP contribution in [0.1, 0.15) is 59.3 Å². The van der Waals surface area contributed by atoms with Crippen molar-refractivity contribution in [2.24, 2.45) is 0 Å². The molecule has 2 nitrogen and oxygen atoms in total. The minimum absolute atomic E-state index is 0.137. The molecule has 0 rings (SSSR count). The fourth-order valence-corrected chi connectivity index (χ4v) is 1.56. The predicted molar refractivity (Wildman–Crippen MR) is 72.9 cm³/mol. The molecule has 1 atom stereocenters. The summed E-state index contributed by atoms with van der Waals surface area (Å²) in [5, 5.41) is 0. The second kappa shape index (κ2) is 11.4. The van der Waals surface area contributed by atoms with Crippen molar-refractivity contribution in [1.82, 2.24) is 0 Å². The van der Waals surface area contributed by atoms with Crippen LogP contribution in [0.4, 0.5) is 0 Å². The van der Waals surface area contributed by atoms with Crippen LogP contribution < -0.4 is 0 Å². The molecule has 0 aliphatic rings. The molecule has 0 aromatic rings. The summed E-state index contributed by atoms with van der Waals surface area (Å²) in [6, 6.07) is 0. The smallest absolute Gasteiger partial charge is 0.303 e. The fraction of sp³-hybridized carbons (Fsp3) is 0.667. The number of hydrogen-bond acceptors (Lipinski definition) is 2. The van der Waals surface area contributed by atoms with Crippen LogP contribution >= 0.6 is 0 Å². The van der Waals surface area contributed by atoms with Crippen molar-refractivity contribution >= 4 is 5.97 Å². The SMILES string of the molecule is CCCCCCC/C=C\C=C\C(C)OC(C)=O. The topological polar surface area (TPSA) is 26.3 Å². The van der Waals surface area contributed by atoms with Gasteiger partial charge in [-0.05, 0) is 25.8 Å². The van der Waals surface area contributed by atoms with Gasteiger partial charge in [-0.15, -0.1) is 0 Å². The van der Waals surface area contributed by atoms with Crippen LogP contribution in [-0.2, 0) is 9.53 Å². The van der Waals surface area contributed by atoms with Crippen LogP contribution in [0.5, 0.6) is 0 Å². The molecule has 0 spiro atoms. The molecule has 0 aromatic heterocycles. The molecule has 0 aliphatic carbocycles. The molecule has 0 saturated carbocycles. The van der Waals surface area contributed by atoms with Gasteiger partial charge in [0.2, 0.25) is 0 Å². The Morgan fingerprint density at radius 2 is 1.88 bits per heavy atom. The zero-order chi connectivity index (χ0) is 12.9. The van der Waals surface area contributed by atoms with Gasteiger partial charge >= 0.3 is 5.97 Å². The third-order valence-corrected chi connectivity index (χ3v) is 2.46. The van der Waals surface area contributed by atoms with Gasteiger partial charge in [-0.1, -0.05) is 50.8 Å². The van der Waals surface area contributed by atoms with E-state index in [1.807, 2.05) is 25.2 Å². The van der Waals surface area contributed by atoms with E-state index < -0.39 is 0 Å². The maximum Gasteiger partial charge on any atom is 0.303 e. The van der Waals surface area contributed by atoms with E-state index in [-0.39, 0.29) is 12.1 Å². The Morgan fingerprint density at radius 3 is 2.53 bits per heavy atom. The number of hydrogen-bond donors (Lipinski definition) is 0. The number of ether oxygens (including phenoxy) is 1. The van der Waals surface area contributed by atoms with Crippen LogP contribution in [0, 0.1) is 0 Å². The number of esters is 1. The predicted octanol–water partition coefficient (Wildman–Crippen LogP) is 4.41. The molecule has 1 unspecified atom stereocenters. The molecule has 0 aliphatic heterocycles. The van der Waals surface area contributed by atoms with E-state index in [0.29, 0.717) is 0 Å². The molecule has 17 heavy (non-hydrogen) atoms. The van der Waals surface area contributed by atoms with E-state index in [2.05, 4.69) is 13.0 Å². The first kappa shape index (κ1) is 16.0. The van der Waals surface area contributed by atoms with Gasteiger partial charge in [0.15, 0.2) is 0 Å². The summed E-state index contributed by atoms with van der Waals surface area (Å²) in [5.41, 5.74) is 0. The quantitative estimate of drug-likeness (QED) is 0.338. The Labute approximate surface area is 106 Å². The van der Waals surface area contributed by atoms with E-state index in [9.17, 15) is 4.79 Å². The number of carbonyl (C=O) groups excluding carboxylic acids is 1. The molecule has 0 aromatic carbocycles. The average Bonchev–Trinajstić information content (AvgIpc) is 2.26. The summed E-state index contributed by atoms with van der Waals surface area (Å²) in [6.07, 6.45) is 15.6. The summed E-state index contributed by atoms with van der Waals surface area (Å²) < 4.78 is 4.96. The minimum Gasteiger partial charge on any atom is -0.459 e. The standard InChI is InChI=1S/C15H26O2/c1-4-5-6-7-8-9-10-11-12-13-14(2)17-15(3)16/h10-14H,4-9H2,1-3H3/b11-10-,13-12+. The lowest BCUT2D eigenvalue weighted by Gasteiger charge is -2.04. The number of rotatable bonds is 9. The zero-order valence-corrected chi connectivity index (χ0v) is 11.4. The van der Waals surface area contributed by atoms with Gasteiger partial charge in [0.25, 0.3) is 0 Å². The van der Waals surface area contributed by atoms with Crippen molar-refractivity contribution in [3.8, 4) is 0 Å². The molecule has 2 heteroatoms. The molecule has 0 heterocycles. The molecule has 98 valence electrons. The lowest BCUT2D eigenvalue weighted by molar-refractivity contribution is -0.143. The van der Waals surface area contributed by atoms with Crippen molar-refractivity contribution in [2.75, 3.05) is 0 Å². The summed E-state index contributed by atoms with van der Waals surface area (Å²) in [4.78, 5) is 10.6. The van der Waals surface area contributed by atoms with Gasteiger partial charge in [0.1, 0.15) is 6.10 Å². The Morgan fingerprint density at radius 1 is 1.18 bits per heavy atom. The molecule has 0 N–H and O–H groups in total. The third kappa shape index (κ3) is 12.9. The Hall–Kier alpha value is -1.05. The number of unbranched alkanes of at least 4 members (excludes halogenated alkanes) is 5. The zero-order valence-electron chi connectivity index (χ0n) is 11.4. The van der Waals surface area contributed by atoms with Crippen LogP contribution in [0.2, 0.25) is 0 Å². The van der Waals surface area contributed by atoms with Crippen molar-refractivity contribution in [2.45, 2.75) is 65.4 Å². The van der Waals surface area contributed by atoms with Crippen molar-refractivity contribution in [3.05, 3.63) is 24.3 Å². The van der Waals surface area contributed by atoms with Gasteiger partial charge in [0.05, 0.1) is 0 Å². The summed E-state index contributed by atoms with van der Waals surface area (Å²) in [7, 11) is 0. The van der Waals surface area contributed by atoms with Crippen molar-refractivity contribution in [3.63, 3.8) is 0 Å².